The van der Waals surface area contributed by atoms with Gasteiger partial charge in [-0.3, -0.25) is 0 Å². The minimum atomic E-state index is 0.763. The maximum atomic E-state index is 5.52. The van der Waals surface area contributed by atoms with Gasteiger partial charge in [-0.15, -0.1) is 0 Å². The molecule has 2 heteroatoms. The lowest BCUT2D eigenvalue weighted by atomic mass is 9.64. The van der Waals surface area contributed by atoms with Crippen molar-refractivity contribution in [3.8, 4) is 0 Å². The molecule has 0 atom stereocenters. The second kappa shape index (κ2) is 5.31. The third kappa shape index (κ3) is 2.94. The molecule has 0 saturated heterocycles. The van der Waals surface area contributed by atoms with Crippen molar-refractivity contribution in [2.24, 2.45) is 11.1 Å². The van der Waals surface area contributed by atoms with E-state index in [0.717, 1.165) is 24.5 Å². The van der Waals surface area contributed by atoms with Crippen molar-refractivity contribution in [2.45, 2.75) is 63.8 Å². The standard InChI is InChI=1S/C13H26N2/c14-10-11-15-12-4-8-13(9-5-12)6-2-1-3-7-13/h12,15H,1-11,14H2. The average Bonchev–Trinajstić information content (AvgIpc) is 2.30. The first-order chi connectivity index (χ1) is 7.35. The first kappa shape index (κ1) is 11.4. The van der Waals surface area contributed by atoms with Crippen LogP contribution in [0, 0.1) is 5.41 Å². The van der Waals surface area contributed by atoms with Gasteiger partial charge in [0.15, 0.2) is 0 Å². The normalized spacial score (nSPS) is 27.0. The second-order valence-corrected chi connectivity index (χ2v) is 5.58. The Morgan fingerprint density at radius 2 is 1.67 bits per heavy atom. The van der Waals surface area contributed by atoms with Crippen molar-refractivity contribution in [3.05, 3.63) is 0 Å². The molecule has 2 rings (SSSR count). The van der Waals surface area contributed by atoms with E-state index >= 15 is 0 Å². The van der Waals surface area contributed by atoms with E-state index in [1.165, 1.54) is 57.8 Å². The zero-order chi connectivity index (χ0) is 10.6. The zero-order valence-corrected chi connectivity index (χ0v) is 9.93. The minimum Gasteiger partial charge on any atom is -0.329 e. The van der Waals surface area contributed by atoms with Crippen molar-refractivity contribution < 1.29 is 0 Å². The highest BCUT2D eigenvalue weighted by molar-refractivity contribution is 4.89. The molecule has 0 aliphatic heterocycles. The highest BCUT2D eigenvalue weighted by Gasteiger charge is 2.35. The highest BCUT2D eigenvalue weighted by atomic mass is 14.9. The molecule has 0 aromatic rings. The summed E-state index contributed by atoms with van der Waals surface area (Å²) in [5.41, 5.74) is 6.28. The summed E-state index contributed by atoms with van der Waals surface area (Å²) >= 11 is 0. The Kier molecular flexibility index (Phi) is 4.04. The fourth-order valence-corrected chi connectivity index (χ4v) is 3.52. The summed E-state index contributed by atoms with van der Waals surface area (Å²) in [7, 11) is 0. The smallest absolute Gasteiger partial charge is 0.00770 e. The molecule has 0 heterocycles. The van der Waals surface area contributed by atoms with Gasteiger partial charge in [-0.2, -0.15) is 0 Å². The third-order valence-electron chi connectivity index (χ3n) is 4.54. The number of rotatable bonds is 3. The van der Waals surface area contributed by atoms with Crippen LogP contribution >= 0.6 is 0 Å². The number of hydrogen-bond donors (Lipinski definition) is 2. The Hall–Kier alpha value is -0.0800. The van der Waals surface area contributed by atoms with Crippen molar-refractivity contribution in [2.75, 3.05) is 13.1 Å². The third-order valence-corrected chi connectivity index (χ3v) is 4.54. The van der Waals surface area contributed by atoms with Gasteiger partial charge in [0.05, 0.1) is 0 Å². The van der Waals surface area contributed by atoms with Crippen molar-refractivity contribution in [1.82, 2.24) is 5.32 Å². The van der Waals surface area contributed by atoms with Crippen LogP contribution in [0.2, 0.25) is 0 Å². The largest absolute Gasteiger partial charge is 0.329 e. The molecule has 2 aliphatic carbocycles. The monoisotopic (exact) mass is 210 g/mol. The lowest BCUT2D eigenvalue weighted by Gasteiger charge is -2.43. The van der Waals surface area contributed by atoms with Gasteiger partial charge in [-0.05, 0) is 43.9 Å². The van der Waals surface area contributed by atoms with E-state index in [0.29, 0.717) is 0 Å². The Balaban J connectivity index is 1.75. The molecular formula is C13H26N2. The van der Waals surface area contributed by atoms with Gasteiger partial charge in [0, 0.05) is 19.1 Å². The quantitative estimate of drug-likeness (QED) is 0.751. The van der Waals surface area contributed by atoms with Crippen LogP contribution in [0.5, 0.6) is 0 Å². The molecular weight excluding hydrogens is 184 g/mol. The molecule has 0 aromatic carbocycles. The molecule has 2 fully saturated rings. The first-order valence-corrected chi connectivity index (χ1v) is 6.78. The maximum absolute atomic E-state index is 5.52. The minimum absolute atomic E-state index is 0.763. The van der Waals surface area contributed by atoms with Crippen LogP contribution in [0.1, 0.15) is 57.8 Å². The van der Waals surface area contributed by atoms with Crippen molar-refractivity contribution in [1.29, 1.82) is 0 Å². The molecule has 2 aliphatic rings. The average molecular weight is 210 g/mol. The molecule has 0 amide bonds. The van der Waals surface area contributed by atoms with Crippen LogP contribution in [0.3, 0.4) is 0 Å². The van der Waals surface area contributed by atoms with Gasteiger partial charge in [0.25, 0.3) is 0 Å². The van der Waals surface area contributed by atoms with E-state index in [2.05, 4.69) is 5.32 Å². The molecule has 1 spiro atoms. The predicted octanol–water partition coefficient (Wildman–Crippen LogP) is 2.43. The van der Waals surface area contributed by atoms with E-state index in [1.54, 1.807) is 0 Å². The lowest BCUT2D eigenvalue weighted by molar-refractivity contribution is 0.107. The Morgan fingerprint density at radius 1 is 1.00 bits per heavy atom. The van der Waals surface area contributed by atoms with Crippen LogP contribution in [-0.4, -0.2) is 19.1 Å². The Bertz CT molecular complexity index is 175. The SMILES string of the molecule is NCCNC1CCC2(CCCCC2)CC1. The van der Waals surface area contributed by atoms with Gasteiger partial charge in [0.1, 0.15) is 0 Å². The van der Waals surface area contributed by atoms with Crippen molar-refractivity contribution in [3.63, 3.8) is 0 Å². The van der Waals surface area contributed by atoms with Crippen LogP contribution in [0.25, 0.3) is 0 Å². The highest BCUT2D eigenvalue weighted by Crippen LogP contribution is 2.47. The summed E-state index contributed by atoms with van der Waals surface area (Å²) in [6.45, 7) is 1.78. The maximum Gasteiger partial charge on any atom is 0.00770 e. The second-order valence-electron chi connectivity index (χ2n) is 5.58. The summed E-state index contributed by atoms with van der Waals surface area (Å²) in [5.74, 6) is 0. The number of nitrogens with two attached hydrogens (primary N) is 1. The summed E-state index contributed by atoms with van der Waals surface area (Å²) in [6, 6.07) is 0.765. The predicted molar refractivity (Wildman–Crippen MR) is 64.8 cm³/mol. The van der Waals surface area contributed by atoms with E-state index < -0.39 is 0 Å². The first-order valence-electron chi connectivity index (χ1n) is 6.78. The summed E-state index contributed by atoms with van der Waals surface area (Å²) < 4.78 is 0. The molecule has 0 aromatic heterocycles. The molecule has 2 saturated carbocycles. The zero-order valence-electron chi connectivity index (χ0n) is 9.93. The van der Waals surface area contributed by atoms with E-state index in [4.69, 9.17) is 5.73 Å². The topological polar surface area (TPSA) is 38.0 Å². The van der Waals surface area contributed by atoms with E-state index in [-0.39, 0.29) is 0 Å². The van der Waals surface area contributed by atoms with Crippen LogP contribution in [-0.2, 0) is 0 Å². The summed E-state index contributed by atoms with van der Waals surface area (Å²) in [4.78, 5) is 0. The van der Waals surface area contributed by atoms with Crippen molar-refractivity contribution >= 4 is 0 Å². The number of hydrogen-bond acceptors (Lipinski definition) is 2. The molecule has 88 valence electrons. The van der Waals surface area contributed by atoms with E-state index in [1.807, 2.05) is 0 Å². The molecule has 0 bridgehead atoms. The fourth-order valence-electron chi connectivity index (χ4n) is 3.52. The Morgan fingerprint density at radius 3 is 2.27 bits per heavy atom. The van der Waals surface area contributed by atoms with Gasteiger partial charge >= 0.3 is 0 Å². The Labute approximate surface area is 94.0 Å². The lowest BCUT2D eigenvalue weighted by Crippen LogP contribution is -2.40. The molecule has 15 heavy (non-hydrogen) atoms. The summed E-state index contributed by atoms with van der Waals surface area (Å²) in [6.07, 6.45) is 13.2. The van der Waals surface area contributed by atoms with Crippen LogP contribution < -0.4 is 11.1 Å². The van der Waals surface area contributed by atoms with Gasteiger partial charge in [-0.1, -0.05) is 19.3 Å². The molecule has 3 N–H and O–H groups in total. The fraction of sp³-hybridized carbons (Fsp3) is 1.00. The van der Waals surface area contributed by atoms with Gasteiger partial charge in [-0.25, -0.2) is 0 Å². The van der Waals surface area contributed by atoms with Gasteiger partial charge < -0.3 is 11.1 Å². The molecule has 0 radical (unpaired) electrons. The summed E-state index contributed by atoms with van der Waals surface area (Å²) in [5, 5.41) is 3.57. The number of nitrogens with one attached hydrogen (secondary N) is 1. The van der Waals surface area contributed by atoms with Gasteiger partial charge in [0.2, 0.25) is 0 Å². The molecule has 0 unspecified atom stereocenters. The molecule has 2 nitrogen and oxygen atoms in total. The van der Waals surface area contributed by atoms with E-state index in [9.17, 15) is 0 Å². The van der Waals surface area contributed by atoms with Crippen LogP contribution in [0.4, 0.5) is 0 Å². The van der Waals surface area contributed by atoms with Crippen LogP contribution in [0.15, 0.2) is 0 Å².